The van der Waals surface area contributed by atoms with Crippen molar-refractivity contribution >= 4 is 34.1 Å². The van der Waals surface area contributed by atoms with Crippen LogP contribution in [0, 0.1) is 0 Å². The molecule has 162 valence electrons. The highest BCUT2D eigenvalue weighted by Gasteiger charge is 2.62. The molecule has 3 aromatic rings. The van der Waals surface area contributed by atoms with Gasteiger partial charge in [0.25, 0.3) is 5.60 Å². The normalized spacial score (nSPS) is 13.3. The number of urea groups is 1. The Kier molecular flexibility index (Phi) is 6.16. The van der Waals surface area contributed by atoms with Gasteiger partial charge < -0.3 is 20.5 Å². The van der Waals surface area contributed by atoms with Crippen molar-refractivity contribution in [1.82, 2.24) is 0 Å². The first kappa shape index (κ1) is 22.1. The third-order valence-electron chi connectivity index (χ3n) is 4.55. The first-order chi connectivity index (χ1) is 14.6. The largest absolute Gasteiger partial charge is 0.463 e. The Morgan fingerprint density at radius 2 is 1.48 bits per heavy atom. The fourth-order valence-electron chi connectivity index (χ4n) is 2.99. The van der Waals surface area contributed by atoms with Gasteiger partial charge in [-0.3, -0.25) is 0 Å². The number of nitrogens with one attached hydrogen (secondary N) is 2. The van der Waals surface area contributed by atoms with Crippen molar-refractivity contribution in [1.29, 1.82) is 0 Å². The highest BCUT2D eigenvalue weighted by molar-refractivity contribution is 6.01. The standard InChI is InChI=1S/C22H19F3N2O4/c1-2-31-19(28)21(30,22(23,24)25)16-8-11-17(12-9-16)26-20(29)27-18-10-7-14-5-3-4-6-15(14)13-18/h3-13,30H,2H2,1H3,(H2,26,27,29). The van der Waals surface area contributed by atoms with E-state index in [0.29, 0.717) is 5.69 Å². The maximum Gasteiger partial charge on any atom is 0.432 e. The van der Waals surface area contributed by atoms with E-state index in [1.165, 1.54) is 6.92 Å². The molecule has 0 aromatic heterocycles. The van der Waals surface area contributed by atoms with E-state index < -0.39 is 29.3 Å². The SMILES string of the molecule is CCOC(=O)C(O)(c1ccc(NC(=O)Nc2ccc3ccccc3c2)cc1)C(F)(F)F. The minimum absolute atomic E-state index is 0.162. The van der Waals surface area contributed by atoms with E-state index >= 15 is 0 Å². The molecule has 1 unspecified atom stereocenters. The zero-order valence-corrected chi connectivity index (χ0v) is 16.4. The summed E-state index contributed by atoms with van der Waals surface area (Å²) in [6, 6.07) is 16.4. The first-order valence-corrected chi connectivity index (χ1v) is 9.29. The summed E-state index contributed by atoms with van der Waals surface area (Å²) < 4.78 is 44.6. The lowest BCUT2D eigenvalue weighted by atomic mass is 9.93. The number of anilines is 2. The van der Waals surface area contributed by atoms with Crippen molar-refractivity contribution in [2.75, 3.05) is 17.2 Å². The lowest BCUT2D eigenvalue weighted by Gasteiger charge is -2.28. The van der Waals surface area contributed by atoms with Crippen LogP contribution in [0.4, 0.5) is 29.3 Å². The number of amides is 2. The quantitative estimate of drug-likeness (QED) is 0.506. The first-order valence-electron chi connectivity index (χ1n) is 9.29. The molecule has 9 heteroatoms. The molecule has 0 spiro atoms. The summed E-state index contributed by atoms with van der Waals surface area (Å²) in [5.74, 6) is -1.82. The van der Waals surface area contributed by atoms with Crippen LogP contribution in [0.3, 0.4) is 0 Å². The molecule has 1 atom stereocenters. The van der Waals surface area contributed by atoms with Crippen LogP contribution in [-0.4, -0.2) is 29.9 Å². The van der Waals surface area contributed by atoms with Gasteiger partial charge in [0.15, 0.2) is 0 Å². The average molecular weight is 432 g/mol. The zero-order valence-electron chi connectivity index (χ0n) is 16.4. The number of rotatable bonds is 5. The van der Waals surface area contributed by atoms with E-state index in [0.717, 1.165) is 35.0 Å². The Morgan fingerprint density at radius 3 is 2.10 bits per heavy atom. The van der Waals surface area contributed by atoms with Crippen LogP contribution in [0.1, 0.15) is 12.5 Å². The summed E-state index contributed by atoms with van der Waals surface area (Å²) >= 11 is 0. The third kappa shape index (κ3) is 4.61. The average Bonchev–Trinajstić information content (AvgIpc) is 2.73. The van der Waals surface area contributed by atoms with Crippen LogP contribution in [0.5, 0.6) is 0 Å². The van der Waals surface area contributed by atoms with Crippen molar-refractivity contribution in [2.24, 2.45) is 0 Å². The molecule has 0 radical (unpaired) electrons. The van der Waals surface area contributed by atoms with E-state index in [2.05, 4.69) is 15.4 Å². The molecule has 31 heavy (non-hydrogen) atoms. The van der Waals surface area contributed by atoms with Crippen LogP contribution in [0.2, 0.25) is 0 Å². The van der Waals surface area contributed by atoms with Crippen molar-refractivity contribution < 1.29 is 32.6 Å². The van der Waals surface area contributed by atoms with Gasteiger partial charge in [0.2, 0.25) is 0 Å². The van der Waals surface area contributed by atoms with Gasteiger partial charge in [-0.1, -0.05) is 42.5 Å². The van der Waals surface area contributed by atoms with Gasteiger partial charge >= 0.3 is 18.2 Å². The van der Waals surface area contributed by atoms with E-state index in [4.69, 9.17) is 0 Å². The predicted molar refractivity (Wildman–Crippen MR) is 110 cm³/mol. The van der Waals surface area contributed by atoms with Crippen molar-refractivity contribution in [3.05, 3.63) is 72.3 Å². The number of aliphatic hydroxyl groups is 1. The van der Waals surface area contributed by atoms with E-state index in [9.17, 15) is 27.9 Å². The topological polar surface area (TPSA) is 87.7 Å². The molecule has 0 heterocycles. The molecule has 3 N–H and O–H groups in total. The Bertz CT molecular complexity index is 1100. The molecule has 0 bridgehead atoms. The van der Waals surface area contributed by atoms with Crippen molar-refractivity contribution in [3.63, 3.8) is 0 Å². The van der Waals surface area contributed by atoms with Crippen LogP contribution < -0.4 is 10.6 Å². The fourth-order valence-corrected chi connectivity index (χ4v) is 2.99. The Hall–Kier alpha value is -3.59. The lowest BCUT2D eigenvalue weighted by Crippen LogP contribution is -2.50. The number of hydrogen-bond donors (Lipinski definition) is 3. The number of halogens is 3. The predicted octanol–water partition coefficient (Wildman–Crippen LogP) is 4.80. The van der Waals surface area contributed by atoms with Crippen LogP contribution in [0.15, 0.2) is 66.7 Å². The fraction of sp³-hybridized carbons (Fsp3) is 0.182. The number of benzene rings is 3. The Labute approximate surface area is 175 Å². The van der Waals surface area contributed by atoms with Gasteiger partial charge in [0, 0.05) is 16.9 Å². The van der Waals surface area contributed by atoms with E-state index in [-0.39, 0.29) is 12.3 Å². The number of carbonyl (C=O) groups is 2. The van der Waals surface area contributed by atoms with Gasteiger partial charge in [-0.15, -0.1) is 0 Å². The maximum absolute atomic E-state index is 13.4. The molecule has 0 aliphatic heterocycles. The molecule has 3 aromatic carbocycles. The number of carbonyl (C=O) groups excluding carboxylic acids is 2. The number of ether oxygens (including phenoxy) is 1. The van der Waals surface area contributed by atoms with Crippen LogP contribution in [-0.2, 0) is 15.1 Å². The van der Waals surface area contributed by atoms with Crippen LogP contribution >= 0.6 is 0 Å². The minimum Gasteiger partial charge on any atom is -0.463 e. The summed E-state index contributed by atoms with van der Waals surface area (Å²) in [6.07, 6.45) is -5.29. The maximum atomic E-state index is 13.4. The number of esters is 1. The third-order valence-corrected chi connectivity index (χ3v) is 4.55. The molecule has 0 saturated carbocycles. The molecule has 0 saturated heterocycles. The van der Waals surface area contributed by atoms with Gasteiger partial charge in [-0.2, -0.15) is 13.2 Å². The minimum atomic E-state index is -5.29. The number of fused-ring (bicyclic) bond motifs is 1. The van der Waals surface area contributed by atoms with Crippen molar-refractivity contribution in [2.45, 2.75) is 18.7 Å². The summed E-state index contributed by atoms with van der Waals surface area (Å²) in [5.41, 5.74) is -3.84. The summed E-state index contributed by atoms with van der Waals surface area (Å²) in [6.45, 7) is 1.00. The molecule has 2 amide bonds. The molecule has 0 fully saturated rings. The molecule has 0 aliphatic rings. The molecule has 6 nitrogen and oxygen atoms in total. The Balaban J connectivity index is 1.74. The second-order valence-corrected chi connectivity index (χ2v) is 6.65. The molecule has 0 aliphatic carbocycles. The van der Waals surface area contributed by atoms with E-state index in [1.807, 2.05) is 30.3 Å². The smallest absolute Gasteiger partial charge is 0.432 e. The molecule has 3 rings (SSSR count). The lowest BCUT2D eigenvalue weighted by molar-refractivity contribution is -0.267. The van der Waals surface area contributed by atoms with Gasteiger partial charge in [0.1, 0.15) is 0 Å². The highest BCUT2D eigenvalue weighted by atomic mass is 19.4. The second kappa shape index (κ2) is 8.65. The van der Waals surface area contributed by atoms with Crippen LogP contribution in [0.25, 0.3) is 10.8 Å². The van der Waals surface area contributed by atoms with Gasteiger partial charge in [-0.25, -0.2) is 9.59 Å². The number of hydrogen-bond acceptors (Lipinski definition) is 4. The summed E-state index contributed by atoms with van der Waals surface area (Å²) in [4.78, 5) is 24.0. The summed E-state index contributed by atoms with van der Waals surface area (Å²) in [5, 5.41) is 17.1. The zero-order chi connectivity index (χ0) is 22.6. The molecular weight excluding hydrogens is 413 g/mol. The summed E-state index contributed by atoms with van der Waals surface area (Å²) in [7, 11) is 0. The highest BCUT2D eigenvalue weighted by Crippen LogP contribution is 2.40. The van der Waals surface area contributed by atoms with Crippen molar-refractivity contribution in [3.8, 4) is 0 Å². The molecular formula is C22H19F3N2O4. The number of alkyl halides is 3. The van der Waals surface area contributed by atoms with E-state index in [1.54, 1.807) is 12.1 Å². The second-order valence-electron chi connectivity index (χ2n) is 6.65. The van der Waals surface area contributed by atoms with Gasteiger partial charge in [-0.05, 0) is 42.0 Å². The van der Waals surface area contributed by atoms with Gasteiger partial charge in [0.05, 0.1) is 6.61 Å². The monoisotopic (exact) mass is 432 g/mol. The Morgan fingerprint density at radius 1 is 0.903 bits per heavy atom.